The lowest BCUT2D eigenvalue weighted by Crippen LogP contribution is -2.39. The van der Waals surface area contributed by atoms with Crippen molar-refractivity contribution in [1.82, 2.24) is 9.88 Å². The number of aromatic carboxylic acids is 1. The molecule has 7 heteroatoms. The molecule has 0 bridgehead atoms. The summed E-state index contributed by atoms with van der Waals surface area (Å²) in [4.78, 5) is 30.6. The van der Waals surface area contributed by atoms with Crippen LogP contribution in [0.4, 0.5) is 4.79 Å². The Morgan fingerprint density at radius 1 is 1.24 bits per heavy atom. The summed E-state index contributed by atoms with van der Waals surface area (Å²) in [5.41, 5.74) is 1.62. The number of ether oxygens (including phenoxy) is 1. The summed E-state index contributed by atoms with van der Waals surface area (Å²) in [6, 6.07) is 6.68. The first kappa shape index (κ1) is 17.4. The zero-order chi connectivity index (χ0) is 18.2. The predicted molar refractivity (Wildman–Crippen MR) is 94.9 cm³/mol. The van der Waals surface area contributed by atoms with Crippen molar-refractivity contribution in [3.63, 3.8) is 0 Å². The molecule has 0 unspecified atom stereocenters. The zero-order valence-electron chi connectivity index (χ0n) is 14.4. The number of carbonyl (C=O) groups is 2. The summed E-state index contributed by atoms with van der Waals surface area (Å²) in [6.45, 7) is 6.64. The number of carbonyl (C=O) groups excluding carboxylic acids is 1. The molecule has 2 heterocycles. The first-order valence-corrected chi connectivity index (χ1v) is 8.85. The van der Waals surface area contributed by atoms with Gasteiger partial charge in [-0.15, -0.1) is 11.3 Å². The third kappa shape index (κ3) is 3.99. The van der Waals surface area contributed by atoms with E-state index in [-0.39, 0.29) is 11.7 Å². The minimum atomic E-state index is -0.946. The average molecular weight is 360 g/mol. The maximum absolute atomic E-state index is 12.2. The number of aromatic nitrogens is 1. The third-order valence-corrected chi connectivity index (χ3v) is 4.89. The van der Waals surface area contributed by atoms with Crippen LogP contribution >= 0.6 is 11.3 Å². The molecule has 1 aliphatic heterocycles. The molecule has 0 saturated heterocycles. The predicted octanol–water partition coefficient (Wildman–Crippen LogP) is 3.80. The summed E-state index contributed by atoms with van der Waals surface area (Å²) in [6.07, 6.45) is 0.386. The van der Waals surface area contributed by atoms with Crippen LogP contribution < -0.4 is 0 Å². The Balaban J connectivity index is 1.76. The van der Waals surface area contributed by atoms with Crippen molar-refractivity contribution in [1.29, 1.82) is 0 Å². The van der Waals surface area contributed by atoms with E-state index in [9.17, 15) is 9.59 Å². The van der Waals surface area contributed by atoms with E-state index in [4.69, 9.17) is 9.84 Å². The van der Waals surface area contributed by atoms with Crippen LogP contribution in [0.5, 0.6) is 0 Å². The molecule has 0 saturated carbocycles. The van der Waals surface area contributed by atoms with Gasteiger partial charge in [0.2, 0.25) is 0 Å². The highest BCUT2D eigenvalue weighted by molar-refractivity contribution is 7.15. The van der Waals surface area contributed by atoms with Gasteiger partial charge in [-0.3, -0.25) is 0 Å². The molecule has 3 rings (SSSR count). The van der Waals surface area contributed by atoms with Gasteiger partial charge in [-0.1, -0.05) is 12.1 Å². The van der Waals surface area contributed by atoms with Gasteiger partial charge in [-0.25, -0.2) is 14.6 Å². The molecule has 1 aromatic heterocycles. The number of benzene rings is 1. The van der Waals surface area contributed by atoms with E-state index in [1.807, 2.05) is 20.8 Å². The van der Waals surface area contributed by atoms with E-state index in [0.717, 1.165) is 21.1 Å². The summed E-state index contributed by atoms with van der Waals surface area (Å²) >= 11 is 1.53. The highest BCUT2D eigenvalue weighted by atomic mass is 32.1. The second-order valence-corrected chi connectivity index (χ2v) is 8.01. The molecule has 25 heavy (non-hydrogen) atoms. The Kier molecular flexibility index (Phi) is 4.51. The van der Waals surface area contributed by atoms with Gasteiger partial charge in [-0.05, 0) is 32.9 Å². The quantitative estimate of drug-likeness (QED) is 0.881. The molecule has 0 spiro atoms. The van der Waals surface area contributed by atoms with Gasteiger partial charge in [0.25, 0.3) is 0 Å². The highest BCUT2D eigenvalue weighted by Crippen LogP contribution is 2.32. The van der Waals surface area contributed by atoms with Gasteiger partial charge in [0.15, 0.2) is 0 Å². The van der Waals surface area contributed by atoms with Gasteiger partial charge < -0.3 is 14.7 Å². The number of hydrogen-bond acceptors (Lipinski definition) is 5. The van der Waals surface area contributed by atoms with Crippen LogP contribution in [-0.2, 0) is 17.7 Å². The number of nitrogens with zero attached hydrogens (tertiary/aromatic N) is 2. The topological polar surface area (TPSA) is 79.7 Å². The lowest BCUT2D eigenvalue weighted by molar-refractivity contribution is 0.0225. The second-order valence-electron chi connectivity index (χ2n) is 6.92. The van der Waals surface area contributed by atoms with Crippen molar-refractivity contribution in [2.24, 2.45) is 0 Å². The van der Waals surface area contributed by atoms with Gasteiger partial charge in [0, 0.05) is 23.4 Å². The van der Waals surface area contributed by atoms with Crippen LogP contribution in [0.3, 0.4) is 0 Å². The van der Waals surface area contributed by atoms with Crippen LogP contribution in [0.2, 0.25) is 0 Å². The standard InChI is InChI=1S/C18H20N2O4S/c1-18(2,3)24-17(23)20-9-8-13-14(10-20)25-15(19-13)11-4-6-12(7-5-11)16(21)22/h4-7H,8-10H2,1-3H3,(H,21,22). The van der Waals surface area contributed by atoms with E-state index in [0.29, 0.717) is 19.5 Å². The molecular weight excluding hydrogens is 340 g/mol. The zero-order valence-corrected chi connectivity index (χ0v) is 15.2. The number of hydrogen-bond donors (Lipinski definition) is 1. The average Bonchev–Trinajstić information content (AvgIpc) is 2.96. The largest absolute Gasteiger partial charge is 0.478 e. The van der Waals surface area contributed by atoms with E-state index in [1.165, 1.54) is 11.3 Å². The van der Waals surface area contributed by atoms with E-state index in [1.54, 1.807) is 29.2 Å². The maximum Gasteiger partial charge on any atom is 0.410 e. The lowest BCUT2D eigenvalue weighted by atomic mass is 10.1. The first-order valence-electron chi connectivity index (χ1n) is 8.03. The smallest absolute Gasteiger partial charge is 0.410 e. The van der Waals surface area contributed by atoms with Crippen LogP contribution in [0, 0.1) is 0 Å². The number of thiazole rings is 1. The number of rotatable bonds is 2. The van der Waals surface area contributed by atoms with Crippen LogP contribution in [-0.4, -0.2) is 39.2 Å². The molecule has 1 aliphatic rings. The fraction of sp³-hybridized carbons (Fsp3) is 0.389. The van der Waals surface area contributed by atoms with Crippen molar-refractivity contribution in [3.05, 3.63) is 40.4 Å². The molecule has 0 aliphatic carbocycles. The number of carboxylic acid groups (broad SMARTS) is 1. The monoisotopic (exact) mass is 360 g/mol. The van der Waals surface area contributed by atoms with E-state index < -0.39 is 11.6 Å². The van der Waals surface area contributed by atoms with Crippen molar-refractivity contribution in [2.45, 2.75) is 39.3 Å². The van der Waals surface area contributed by atoms with Crippen LogP contribution in [0.15, 0.2) is 24.3 Å². The summed E-state index contributed by atoms with van der Waals surface area (Å²) in [5.74, 6) is -0.946. The normalized spacial score (nSPS) is 14.1. The fourth-order valence-corrected chi connectivity index (χ4v) is 3.69. The van der Waals surface area contributed by atoms with Gasteiger partial charge in [-0.2, -0.15) is 0 Å². The van der Waals surface area contributed by atoms with E-state index >= 15 is 0 Å². The number of carboxylic acids is 1. The Morgan fingerprint density at radius 2 is 1.92 bits per heavy atom. The Labute approximate surface area is 150 Å². The van der Waals surface area contributed by atoms with Crippen LogP contribution in [0.1, 0.15) is 41.7 Å². The second kappa shape index (κ2) is 6.48. The van der Waals surface area contributed by atoms with Gasteiger partial charge in [0.1, 0.15) is 10.6 Å². The minimum Gasteiger partial charge on any atom is -0.478 e. The van der Waals surface area contributed by atoms with Gasteiger partial charge in [0.05, 0.1) is 17.8 Å². The Bertz CT molecular complexity index is 805. The first-order chi connectivity index (χ1) is 11.7. The summed E-state index contributed by atoms with van der Waals surface area (Å²) < 4.78 is 5.43. The fourth-order valence-electron chi connectivity index (χ4n) is 2.56. The van der Waals surface area contributed by atoms with Gasteiger partial charge >= 0.3 is 12.1 Å². The molecular formula is C18H20N2O4S. The molecule has 2 aromatic rings. The molecule has 0 atom stereocenters. The SMILES string of the molecule is CC(C)(C)OC(=O)N1CCc2nc(-c3ccc(C(=O)O)cc3)sc2C1. The third-order valence-electron chi connectivity index (χ3n) is 3.76. The Hall–Kier alpha value is -2.41. The van der Waals surface area contributed by atoms with Crippen molar-refractivity contribution >= 4 is 23.4 Å². The van der Waals surface area contributed by atoms with Crippen LogP contribution in [0.25, 0.3) is 10.6 Å². The molecule has 1 aromatic carbocycles. The molecule has 1 N–H and O–H groups in total. The minimum absolute atomic E-state index is 0.251. The van der Waals surface area contributed by atoms with Crippen molar-refractivity contribution in [2.75, 3.05) is 6.54 Å². The van der Waals surface area contributed by atoms with Crippen molar-refractivity contribution in [3.8, 4) is 10.6 Å². The molecule has 132 valence electrons. The lowest BCUT2D eigenvalue weighted by Gasteiger charge is -2.29. The molecule has 6 nitrogen and oxygen atoms in total. The van der Waals surface area contributed by atoms with Crippen molar-refractivity contribution < 1.29 is 19.4 Å². The Morgan fingerprint density at radius 3 is 2.52 bits per heavy atom. The maximum atomic E-state index is 12.2. The van der Waals surface area contributed by atoms with E-state index in [2.05, 4.69) is 4.98 Å². The molecule has 0 radical (unpaired) electrons. The highest BCUT2D eigenvalue weighted by Gasteiger charge is 2.28. The summed E-state index contributed by atoms with van der Waals surface area (Å²) in [7, 11) is 0. The molecule has 0 fully saturated rings. The summed E-state index contributed by atoms with van der Waals surface area (Å²) in [5, 5.41) is 9.82. The molecule has 1 amide bonds. The number of amides is 1. The number of fused-ring (bicyclic) bond motifs is 1.